The molecular weight excluding hydrogens is 405 g/mol. The minimum Gasteiger partial charge on any atom is -0.353 e. The van der Waals surface area contributed by atoms with Crippen molar-refractivity contribution in [3.05, 3.63) is 66.5 Å². The molecule has 3 aromatic heterocycles. The fraction of sp³-hybridized carbons (Fsp3) is 0.250. The standard InChI is InChI=1S/C24H22FN7/c1-16-13-31(10-9-30(16)2)23-22-19(18-5-3-4-6-20(18)25)14-32(24(22)29-15-28-23)21-11-17(12-26)7-8-27-21/h3-8,11,14-16H,9-10,13H2,1-2H3. The van der Waals surface area contributed by atoms with Crippen LogP contribution in [0.3, 0.4) is 0 Å². The third-order valence-electron chi connectivity index (χ3n) is 6.11. The van der Waals surface area contributed by atoms with Crippen molar-refractivity contribution < 1.29 is 4.39 Å². The number of hydrogen-bond donors (Lipinski definition) is 0. The zero-order chi connectivity index (χ0) is 22.2. The van der Waals surface area contributed by atoms with Gasteiger partial charge in [-0.2, -0.15) is 5.26 Å². The Bertz CT molecular complexity index is 1340. The van der Waals surface area contributed by atoms with Gasteiger partial charge in [-0.05, 0) is 32.2 Å². The molecule has 0 aliphatic carbocycles. The SMILES string of the molecule is CC1CN(c2ncnc3c2c(-c2ccccc2F)cn3-c2cc(C#N)ccn2)CCN1C. The van der Waals surface area contributed by atoms with E-state index in [-0.39, 0.29) is 5.82 Å². The van der Waals surface area contributed by atoms with Gasteiger partial charge in [0.05, 0.1) is 17.0 Å². The van der Waals surface area contributed by atoms with Crippen molar-refractivity contribution in [2.45, 2.75) is 13.0 Å². The second-order valence-electron chi connectivity index (χ2n) is 8.08. The maximum atomic E-state index is 14.9. The summed E-state index contributed by atoms with van der Waals surface area (Å²) in [5.74, 6) is 1.02. The third-order valence-corrected chi connectivity index (χ3v) is 6.11. The predicted molar refractivity (Wildman–Crippen MR) is 121 cm³/mol. The lowest BCUT2D eigenvalue weighted by Crippen LogP contribution is -2.50. The zero-order valence-corrected chi connectivity index (χ0v) is 17.9. The average Bonchev–Trinajstić information content (AvgIpc) is 3.21. The number of benzene rings is 1. The van der Waals surface area contributed by atoms with Crippen LogP contribution in [-0.2, 0) is 0 Å². The number of halogens is 1. The monoisotopic (exact) mass is 427 g/mol. The zero-order valence-electron chi connectivity index (χ0n) is 17.9. The highest BCUT2D eigenvalue weighted by Gasteiger charge is 2.26. The molecule has 0 spiro atoms. The number of pyridine rings is 1. The van der Waals surface area contributed by atoms with E-state index in [1.807, 2.05) is 16.8 Å². The molecule has 4 heterocycles. The lowest BCUT2D eigenvalue weighted by molar-refractivity contribution is 0.233. The van der Waals surface area contributed by atoms with Gasteiger partial charge in [0, 0.05) is 49.2 Å². The number of anilines is 1. The van der Waals surface area contributed by atoms with Crippen molar-refractivity contribution in [2.24, 2.45) is 0 Å². The number of likely N-dealkylation sites (N-methyl/N-ethyl adjacent to an activating group) is 1. The summed E-state index contributed by atoms with van der Waals surface area (Å²) in [6.07, 6.45) is 4.97. The van der Waals surface area contributed by atoms with E-state index in [2.05, 4.69) is 44.8 Å². The van der Waals surface area contributed by atoms with Crippen molar-refractivity contribution in [2.75, 3.05) is 31.6 Å². The van der Waals surface area contributed by atoms with Gasteiger partial charge < -0.3 is 9.80 Å². The summed E-state index contributed by atoms with van der Waals surface area (Å²) in [6, 6.07) is 12.6. The molecule has 0 bridgehead atoms. The summed E-state index contributed by atoms with van der Waals surface area (Å²) in [4.78, 5) is 18.2. The number of rotatable bonds is 3. The molecule has 5 rings (SSSR count). The van der Waals surface area contributed by atoms with Gasteiger partial charge in [0.2, 0.25) is 0 Å². The maximum Gasteiger partial charge on any atom is 0.151 e. The Labute approximate surface area is 185 Å². The Hall–Kier alpha value is -3.83. The Morgan fingerprint density at radius 2 is 1.94 bits per heavy atom. The summed E-state index contributed by atoms with van der Waals surface area (Å²) < 4.78 is 16.7. The molecule has 0 amide bonds. The quantitative estimate of drug-likeness (QED) is 0.497. The van der Waals surface area contributed by atoms with Crippen LogP contribution in [-0.4, -0.2) is 57.1 Å². The molecule has 1 fully saturated rings. The maximum absolute atomic E-state index is 14.9. The molecule has 1 atom stereocenters. The first-order valence-electron chi connectivity index (χ1n) is 10.5. The van der Waals surface area contributed by atoms with Gasteiger partial charge in [0.15, 0.2) is 5.65 Å². The highest BCUT2D eigenvalue weighted by molar-refractivity contribution is 6.02. The van der Waals surface area contributed by atoms with E-state index in [1.54, 1.807) is 30.5 Å². The minimum absolute atomic E-state index is 0.313. The second kappa shape index (κ2) is 8.02. The predicted octanol–water partition coefficient (Wildman–Crippen LogP) is 3.63. The van der Waals surface area contributed by atoms with E-state index in [0.29, 0.717) is 34.2 Å². The molecule has 0 saturated carbocycles. The van der Waals surface area contributed by atoms with Gasteiger partial charge in [-0.1, -0.05) is 18.2 Å². The molecule has 8 heteroatoms. The molecule has 160 valence electrons. The molecule has 1 unspecified atom stereocenters. The highest BCUT2D eigenvalue weighted by atomic mass is 19.1. The molecule has 1 saturated heterocycles. The Morgan fingerprint density at radius 3 is 2.72 bits per heavy atom. The molecule has 1 aliphatic rings. The van der Waals surface area contributed by atoms with E-state index >= 15 is 0 Å². The summed E-state index contributed by atoms with van der Waals surface area (Å²) >= 11 is 0. The van der Waals surface area contributed by atoms with E-state index in [1.165, 1.54) is 12.4 Å². The van der Waals surface area contributed by atoms with E-state index < -0.39 is 0 Å². The van der Waals surface area contributed by atoms with Gasteiger partial charge in [-0.25, -0.2) is 19.3 Å². The van der Waals surface area contributed by atoms with E-state index in [0.717, 1.165) is 30.8 Å². The Morgan fingerprint density at radius 1 is 1.09 bits per heavy atom. The van der Waals surface area contributed by atoms with Crippen molar-refractivity contribution in [1.29, 1.82) is 5.26 Å². The van der Waals surface area contributed by atoms with Crippen molar-refractivity contribution in [1.82, 2.24) is 24.4 Å². The van der Waals surface area contributed by atoms with Crippen LogP contribution in [0, 0.1) is 17.1 Å². The van der Waals surface area contributed by atoms with Crippen molar-refractivity contribution >= 4 is 16.9 Å². The molecular formula is C24H22FN7. The molecule has 4 aromatic rings. The first-order valence-corrected chi connectivity index (χ1v) is 10.5. The van der Waals surface area contributed by atoms with Gasteiger partial charge in [0.25, 0.3) is 0 Å². The lowest BCUT2D eigenvalue weighted by atomic mass is 10.0. The van der Waals surface area contributed by atoms with Gasteiger partial charge >= 0.3 is 0 Å². The van der Waals surface area contributed by atoms with Gasteiger partial charge in [-0.3, -0.25) is 4.57 Å². The minimum atomic E-state index is -0.313. The number of piperazine rings is 1. The molecule has 0 N–H and O–H groups in total. The summed E-state index contributed by atoms with van der Waals surface area (Å²) in [5.41, 5.74) is 2.30. The molecule has 1 aromatic carbocycles. The topological polar surface area (TPSA) is 73.9 Å². The first kappa shape index (κ1) is 20.1. The van der Waals surface area contributed by atoms with E-state index in [9.17, 15) is 9.65 Å². The molecule has 32 heavy (non-hydrogen) atoms. The smallest absolute Gasteiger partial charge is 0.151 e. The van der Waals surface area contributed by atoms with Crippen LogP contribution >= 0.6 is 0 Å². The van der Waals surface area contributed by atoms with Crippen LogP contribution in [0.15, 0.2) is 55.1 Å². The lowest BCUT2D eigenvalue weighted by Gasteiger charge is -2.38. The third kappa shape index (κ3) is 3.37. The van der Waals surface area contributed by atoms with Gasteiger partial charge in [-0.15, -0.1) is 0 Å². The number of aromatic nitrogens is 4. The summed E-state index contributed by atoms with van der Waals surface area (Å²) in [6.45, 7) is 4.72. The number of nitrogens with zero attached hydrogens (tertiary/aromatic N) is 7. The average molecular weight is 427 g/mol. The largest absolute Gasteiger partial charge is 0.353 e. The van der Waals surface area contributed by atoms with Crippen LogP contribution in [0.5, 0.6) is 0 Å². The van der Waals surface area contributed by atoms with Crippen molar-refractivity contribution in [3.8, 4) is 23.0 Å². The molecule has 7 nitrogen and oxygen atoms in total. The second-order valence-corrected chi connectivity index (χ2v) is 8.08. The Balaban J connectivity index is 1.77. The molecule has 0 radical (unpaired) electrons. The van der Waals surface area contributed by atoms with Crippen LogP contribution in [0.4, 0.5) is 10.2 Å². The fourth-order valence-corrected chi connectivity index (χ4v) is 4.20. The number of fused-ring (bicyclic) bond motifs is 1. The highest BCUT2D eigenvalue weighted by Crippen LogP contribution is 2.38. The van der Waals surface area contributed by atoms with E-state index in [4.69, 9.17) is 0 Å². The molecule has 1 aliphatic heterocycles. The van der Waals surface area contributed by atoms with Crippen molar-refractivity contribution in [3.63, 3.8) is 0 Å². The van der Waals surface area contributed by atoms with Crippen LogP contribution in [0.2, 0.25) is 0 Å². The van der Waals surface area contributed by atoms with Crippen LogP contribution < -0.4 is 4.90 Å². The number of hydrogen-bond acceptors (Lipinski definition) is 6. The fourth-order valence-electron chi connectivity index (χ4n) is 4.20. The van der Waals surface area contributed by atoms with Crippen LogP contribution in [0.25, 0.3) is 28.0 Å². The summed E-state index contributed by atoms with van der Waals surface area (Å²) in [7, 11) is 2.12. The normalized spacial score (nSPS) is 16.9. The number of nitriles is 1. The summed E-state index contributed by atoms with van der Waals surface area (Å²) in [5, 5.41) is 10.1. The van der Waals surface area contributed by atoms with Gasteiger partial charge in [0.1, 0.15) is 23.8 Å². The first-order chi connectivity index (χ1) is 15.6. The van der Waals surface area contributed by atoms with Crippen LogP contribution in [0.1, 0.15) is 12.5 Å². The Kier molecular flexibility index (Phi) is 5.04.